The van der Waals surface area contributed by atoms with Crippen molar-refractivity contribution < 1.29 is 8.78 Å². The van der Waals surface area contributed by atoms with Gasteiger partial charge in [0.1, 0.15) is 0 Å². The highest BCUT2D eigenvalue weighted by Gasteiger charge is 2.21. The van der Waals surface area contributed by atoms with E-state index in [1.807, 2.05) is 12.1 Å². The lowest BCUT2D eigenvalue weighted by Gasteiger charge is -2.28. The van der Waals surface area contributed by atoms with Crippen molar-refractivity contribution in [2.45, 2.75) is 57.8 Å². The van der Waals surface area contributed by atoms with Crippen LogP contribution in [0.1, 0.15) is 62.5 Å². The standard InChI is InChI=1S/C18H24F2/c1-2-3-14-4-9-16(10-5-14)17-11-6-15(7-12-17)8-13-18(19)20/h6-7,11-14,16H,2-5,8-10H2,1H3. The monoisotopic (exact) mass is 278 g/mol. The quantitative estimate of drug-likeness (QED) is 0.612. The lowest BCUT2D eigenvalue weighted by molar-refractivity contribution is 0.308. The normalized spacial score (nSPS) is 22.6. The Balaban J connectivity index is 1.89. The van der Waals surface area contributed by atoms with Crippen molar-refractivity contribution in [3.8, 4) is 0 Å². The van der Waals surface area contributed by atoms with E-state index in [4.69, 9.17) is 0 Å². The average Bonchev–Trinajstić information content (AvgIpc) is 2.47. The summed E-state index contributed by atoms with van der Waals surface area (Å²) in [5.41, 5.74) is 2.34. The molecule has 110 valence electrons. The van der Waals surface area contributed by atoms with Crippen molar-refractivity contribution in [3.05, 3.63) is 47.5 Å². The van der Waals surface area contributed by atoms with Crippen LogP contribution in [-0.2, 0) is 6.42 Å². The summed E-state index contributed by atoms with van der Waals surface area (Å²) in [4.78, 5) is 0. The summed E-state index contributed by atoms with van der Waals surface area (Å²) < 4.78 is 24.1. The second-order valence-corrected chi connectivity index (χ2v) is 5.95. The number of hydrogen-bond donors (Lipinski definition) is 0. The Labute approximate surface area is 120 Å². The smallest absolute Gasteiger partial charge is 0.174 e. The number of benzene rings is 1. The first-order valence-electron chi connectivity index (χ1n) is 7.79. The molecule has 0 amide bonds. The number of rotatable bonds is 5. The fourth-order valence-corrected chi connectivity index (χ4v) is 3.31. The predicted molar refractivity (Wildman–Crippen MR) is 80.1 cm³/mol. The van der Waals surface area contributed by atoms with Crippen LogP contribution in [0, 0.1) is 5.92 Å². The minimum atomic E-state index is -1.59. The van der Waals surface area contributed by atoms with E-state index >= 15 is 0 Å². The molecule has 0 nitrogen and oxygen atoms in total. The Hall–Kier alpha value is -1.18. The molecule has 0 unspecified atom stereocenters. The summed E-state index contributed by atoms with van der Waals surface area (Å²) in [6, 6.07) is 8.24. The third-order valence-corrected chi connectivity index (χ3v) is 4.49. The zero-order valence-corrected chi connectivity index (χ0v) is 12.2. The van der Waals surface area contributed by atoms with Gasteiger partial charge in [-0.3, -0.25) is 0 Å². The van der Waals surface area contributed by atoms with Gasteiger partial charge in [0.2, 0.25) is 0 Å². The van der Waals surface area contributed by atoms with Crippen molar-refractivity contribution in [2.75, 3.05) is 0 Å². The van der Waals surface area contributed by atoms with Crippen molar-refractivity contribution in [1.82, 2.24) is 0 Å². The maximum absolute atomic E-state index is 12.1. The van der Waals surface area contributed by atoms with Crippen molar-refractivity contribution in [2.24, 2.45) is 5.92 Å². The molecule has 0 N–H and O–H groups in total. The van der Waals surface area contributed by atoms with Gasteiger partial charge in [0.15, 0.2) is 0 Å². The predicted octanol–water partition coefficient (Wildman–Crippen LogP) is 6.08. The summed E-state index contributed by atoms with van der Waals surface area (Å²) in [6.45, 7) is 2.26. The Morgan fingerprint density at radius 1 is 1.10 bits per heavy atom. The summed E-state index contributed by atoms with van der Waals surface area (Å²) in [5, 5.41) is 0. The second-order valence-electron chi connectivity index (χ2n) is 5.95. The highest BCUT2D eigenvalue weighted by Crippen LogP contribution is 2.37. The zero-order chi connectivity index (χ0) is 14.4. The minimum absolute atomic E-state index is 0.325. The molecule has 1 fully saturated rings. The largest absolute Gasteiger partial charge is 0.266 e. The number of allylic oxidation sites excluding steroid dienone is 1. The van der Waals surface area contributed by atoms with Crippen LogP contribution in [0.25, 0.3) is 0 Å². The van der Waals surface area contributed by atoms with E-state index in [1.54, 1.807) is 0 Å². The molecule has 0 saturated heterocycles. The van der Waals surface area contributed by atoms with Crippen LogP contribution in [0.4, 0.5) is 8.78 Å². The topological polar surface area (TPSA) is 0 Å². The van der Waals surface area contributed by atoms with Gasteiger partial charge in [-0.2, -0.15) is 8.78 Å². The average molecular weight is 278 g/mol. The third-order valence-electron chi connectivity index (χ3n) is 4.49. The summed E-state index contributed by atoms with van der Waals surface area (Å²) in [5.74, 6) is 1.60. The van der Waals surface area contributed by atoms with Gasteiger partial charge in [0.25, 0.3) is 6.08 Å². The minimum Gasteiger partial charge on any atom is -0.174 e. The molecular weight excluding hydrogens is 254 g/mol. The van der Waals surface area contributed by atoms with Gasteiger partial charge in [0.05, 0.1) is 0 Å². The second kappa shape index (κ2) is 7.56. The van der Waals surface area contributed by atoms with E-state index in [9.17, 15) is 8.78 Å². The number of hydrogen-bond acceptors (Lipinski definition) is 0. The lowest BCUT2D eigenvalue weighted by atomic mass is 9.77. The van der Waals surface area contributed by atoms with Gasteiger partial charge in [-0.05, 0) is 61.1 Å². The van der Waals surface area contributed by atoms with Crippen LogP contribution in [0.2, 0.25) is 0 Å². The fourth-order valence-electron chi connectivity index (χ4n) is 3.31. The van der Waals surface area contributed by atoms with Crippen LogP contribution in [-0.4, -0.2) is 0 Å². The molecule has 0 atom stereocenters. The Bertz CT molecular complexity index is 421. The van der Waals surface area contributed by atoms with Crippen LogP contribution in [0.15, 0.2) is 36.4 Å². The molecule has 1 saturated carbocycles. The van der Waals surface area contributed by atoms with Crippen molar-refractivity contribution in [3.63, 3.8) is 0 Å². The first kappa shape index (κ1) is 15.2. The maximum atomic E-state index is 12.1. The van der Waals surface area contributed by atoms with Crippen LogP contribution in [0.5, 0.6) is 0 Å². The SMILES string of the molecule is CCCC1CCC(c2ccc(CC=C(F)F)cc2)CC1. The number of halogens is 2. The van der Waals surface area contributed by atoms with E-state index in [-0.39, 0.29) is 0 Å². The summed E-state index contributed by atoms with van der Waals surface area (Å²) in [6.07, 6.45) is 7.62. The first-order chi connectivity index (χ1) is 9.69. The van der Waals surface area contributed by atoms with E-state index in [2.05, 4.69) is 19.1 Å². The highest BCUT2D eigenvalue weighted by molar-refractivity contribution is 5.27. The summed E-state index contributed by atoms with van der Waals surface area (Å²) in [7, 11) is 0. The molecular formula is C18H24F2. The molecule has 0 bridgehead atoms. The van der Waals surface area contributed by atoms with Gasteiger partial charge in [-0.15, -0.1) is 0 Å². The first-order valence-corrected chi connectivity index (χ1v) is 7.79. The summed E-state index contributed by atoms with van der Waals surface area (Å²) >= 11 is 0. The Morgan fingerprint density at radius 2 is 1.75 bits per heavy atom. The molecule has 0 heterocycles. The van der Waals surface area contributed by atoms with Crippen molar-refractivity contribution in [1.29, 1.82) is 0 Å². The third kappa shape index (κ3) is 4.43. The lowest BCUT2D eigenvalue weighted by Crippen LogP contribution is -2.13. The van der Waals surface area contributed by atoms with E-state index in [1.165, 1.54) is 44.1 Å². The molecule has 1 aliphatic rings. The molecule has 0 radical (unpaired) electrons. The van der Waals surface area contributed by atoms with Gasteiger partial charge >= 0.3 is 0 Å². The van der Waals surface area contributed by atoms with Gasteiger partial charge in [0, 0.05) is 0 Å². The molecule has 2 rings (SSSR count). The molecule has 20 heavy (non-hydrogen) atoms. The molecule has 2 heteroatoms. The molecule has 0 spiro atoms. The Morgan fingerprint density at radius 3 is 2.30 bits per heavy atom. The van der Waals surface area contributed by atoms with E-state index in [0.717, 1.165) is 17.6 Å². The van der Waals surface area contributed by atoms with Crippen LogP contribution < -0.4 is 0 Å². The molecule has 1 aliphatic carbocycles. The zero-order valence-electron chi connectivity index (χ0n) is 12.2. The molecule has 1 aromatic carbocycles. The highest BCUT2D eigenvalue weighted by atomic mass is 19.3. The molecule has 1 aromatic rings. The fraction of sp³-hybridized carbons (Fsp3) is 0.556. The molecule has 0 aromatic heterocycles. The van der Waals surface area contributed by atoms with E-state index < -0.39 is 6.08 Å². The van der Waals surface area contributed by atoms with Crippen LogP contribution in [0.3, 0.4) is 0 Å². The maximum Gasteiger partial charge on any atom is 0.266 e. The van der Waals surface area contributed by atoms with Crippen LogP contribution >= 0.6 is 0 Å². The van der Waals surface area contributed by atoms with Crippen molar-refractivity contribution >= 4 is 0 Å². The van der Waals surface area contributed by atoms with Gasteiger partial charge < -0.3 is 0 Å². The molecule has 0 aliphatic heterocycles. The Kier molecular flexibility index (Phi) is 5.75. The van der Waals surface area contributed by atoms with Gasteiger partial charge in [-0.1, -0.05) is 44.0 Å². The van der Waals surface area contributed by atoms with Gasteiger partial charge in [-0.25, -0.2) is 0 Å². The van der Waals surface area contributed by atoms with E-state index in [0.29, 0.717) is 12.3 Å².